The summed E-state index contributed by atoms with van der Waals surface area (Å²) in [7, 11) is 1.65. The normalized spacial score (nSPS) is 11.2. The summed E-state index contributed by atoms with van der Waals surface area (Å²) in [4.78, 5) is 18.0. The van der Waals surface area contributed by atoms with Crippen LogP contribution in [0.25, 0.3) is 6.08 Å². The van der Waals surface area contributed by atoms with Crippen molar-refractivity contribution in [1.29, 1.82) is 0 Å². The molecule has 0 saturated heterocycles. The van der Waals surface area contributed by atoms with Crippen molar-refractivity contribution in [1.82, 2.24) is 9.88 Å². The van der Waals surface area contributed by atoms with Gasteiger partial charge in [0.1, 0.15) is 10.8 Å². The monoisotopic (exact) mass is 416 g/mol. The Morgan fingerprint density at radius 3 is 2.88 bits per heavy atom. The molecule has 0 aliphatic carbocycles. The molecule has 0 spiro atoms. The molecule has 1 heterocycles. The quantitative estimate of drug-likeness (QED) is 0.651. The Balaban J connectivity index is 2.08. The number of nitrogens with zero attached hydrogens (tertiary/aromatic N) is 2. The van der Waals surface area contributed by atoms with Crippen molar-refractivity contribution in [2.75, 3.05) is 7.05 Å². The standard InChI is InChI=1S/C16H15BrF2N2O2S/c1-10-9-24-14(20-10)8-21(2)15(22)6-3-11-7-12(17)4-5-13(11)23-16(18)19/h3-7,9,16H,8H2,1-2H3/b6-3+. The van der Waals surface area contributed by atoms with Crippen molar-refractivity contribution in [3.63, 3.8) is 0 Å². The SMILES string of the molecule is Cc1csc(CN(C)C(=O)/C=C/c2cc(Br)ccc2OC(F)F)n1. The minimum Gasteiger partial charge on any atom is -0.434 e. The molecule has 0 bridgehead atoms. The molecule has 2 aromatic rings. The van der Waals surface area contributed by atoms with Gasteiger partial charge in [-0.25, -0.2) is 4.98 Å². The van der Waals surface area contributed by atoms with Gasteiger partial charge in [0.05, 0.1) is 6.54 Å². The molecule has 0 saturated carbocycles. The van der Waals surface area contributed by atoms with Crippen molar-refractivity contribution in [3.8, 4) is 5.75 Å². The van der Waals surface area contributed by atoms with Crippen LogP contribution in [0.5, 0.6) is 5.75 Å². The third-order valence-electron chi connectivity index (χ3n) is 3.01. The predicted molar refractivity (Wildman–Crippen MR) is 93.1 cm³/mol. The minimum atomic E-state index is -2.93. The smallest absolute Gasteiger partial charge is 0.387 e. The molecule has 4 nitrogen and oxygen atoms in total. The lowest BCUT2D eigenvalue weighted by atomic mass is 10.2. The summed E-state index contributed by atoms with van der Waals surface area (Å²) in [6.45, 7) is -0.648. The van der Waals surface area contributed by atoms with Crippen LogP contribution in [0, 0.1) is 6.92 Å². The zero-order chi connectivity index (χ0) is 17.7. The average Bonchev–Trinajstić information content (AvgIpc) is 2.91. The number of thiazole rings is 1. The van der Waals surface area contributed by atoms with E-state index in [1.54, 1.807) is 19.2 Å². The first-order valence-electron chi connectivity index (χ1n) is 6.93. The molecule has 0 aliphatic heterocycles. The van der Waals surface area contributed by atoms with Crippen molar-refractivity contribution < 1.29 is 18.3 Å². The average molecular weight is 417 g/mol. The molecule has 0 fully saturated rings. The van der Waals surface area contributed by atoms with Crippen molar-refractivity contribution in [2.45, 2.75) is 20.1 Å². The largest absolute Gasteiger partial charge is 0.434 e. The molecule has 128 valence electrons. The Morgan fingerprint density at radius 1 is 1.50 bits per heavy atom. The van der Waals surface area contributed by atoms with Gasteiger partial charge in [-0.2, -0.15) is 8.78 Å². The van der Waals surface area contributed by atoms with Crippen molar-refractivity contribution in [2.24, 2.45) is 0 Å². The Kier molecular flexibility index (Phi) is 6.44. The number of likely N-dealkylation sites (N-methyl/N-ethyl adjacent to an activating group) is 1. The molecule has 0 aliphatic rings. The van der Waals surface area contributed by atoms with Crippen LogP contribution < -0.4 is 4.74 Å². The molecule has 24 heavy (non-hydrogen) atoms. The minimum absolute atomic E-state index is 0.00968. The third-order valence-corrected chi connectivity index (χ3v) is 4.45. The summed E-state index contributed by atoms with van der Waals surface area (Å²) in [5.74, 6) is -0.249. The van der Waals surface area contributed by atoms with Gasteiger partial charge >= 0.3 is 6.61 Å². The van der Waals surface area contributed by atoms with Crippen LogP contribution >= 0.6 is 27.3 Å². The molecule has 0 atom stereocenters. The number of ether oxygens (including phenoxy) is 1. The Hall–Kier alpha value is -1.80. The van der Waals surface area contributed by atoms with Gasteiger partial charge in [-0.1, -0.05) is 15.9 Å². The molecule has 8 heteroatoms. The first kappa shape index (κ1) is 18.5. The Bertz CT molecular complexity index is 749. The molecular weight excluding hydrogens is 402 g/mol. The maximum absolute atomic E-state index is 12.4. The molecule has 1 aromatic heterocycles. The number of hydrogen-bond acceptors (Lipinski definition) is 4. The molecule has 2 rings (SSSR count). The number of carbonyl (C=O) groups is 1. The second-order valence-corrected chi connectivity index (χ2v) is 6.83. The van der Waals surface area contributed by atoms with E-state index in [1.165, 1.54) is 34.5 Å². The molecule has 1 amide bonds. The van der Waals surface area contributed by atoms with E-state index < -0.39 is 6.61 Å². The fourth-order valence-electron chi connectivity index (χ4n) is 1.90. The van der Waals surface area contributed by atoms with Crippen LogP contribution in [-0.4, -0.2) is 29.5 Å². The van der Waals surface area contributed by atoms with Gasteiger partial charge in [0.2, 0.25) is 5.91 Å². The van der Waals surface area contributed by atoms with Crippen LogP contribution in [0.15, 0.2) is 34.1 Å². The molecule has 0 unspecified atom stereocenters. The molecular formula is C16H15BrF2N2O2S. The lowest BCUT2D eigenvalue weighted by Crippen LogP contribution is -2.24. The summed E-state index contributed by atoms with van der Waals surface area (Å²) < 4.78 is 30.0. The lowest BCUT2D eigenvalue weighted by molar-refractivity contribution is -0.125. The molecule has 1 aromatic carbocycles. The van der Waals surface area contributed by atoms with E-state index in [9.17, 15) is 13.6 Å². The van der Waals surface area contributed by atoms with Gasteiger partial charge in [0.25, 0.3) is 0 Å². The van der Waals surface area contributed by atoms with Crippen molar-refractivity contribution in [3.05, 3.63) is 50.4 Å². The first-order valence-corrected chi connectivity index (χ1v) is 8.61. The lowest BCUT2D eigenvalue weighted by Gasteiger charge is -2.13. The fourth-order valence-corrected chi connectivity index (χ4v) is 3.10. The maximum atomic E-state index is 12.4. The van der Waals surface area contributed by atoms with E-state index in [-0.39, 0.29) is 11.7 Å². The van der Waals surface area contributed by atoms with Crippen LogP contribution in [0.4, 0.5) is 8.78 Å². The highest BCUT2D eigenvalue weighted by molar-refractivity contribution is 9.10. The molecule has 0 N–H and O–H groups in total. The predicted octanol–water partition coefficient (Wildman–Crippen LogP) is 4.49. The Morgan fingerprint density at radius 2 is 2.25 bits per heavy atom. The third kappa shape index (κ3) is 5.38. The summed E-state index contributed by atoms with van der Waals surface area (Å²) in [6.07, 6.45) is 2.77. The number of amides is 1. The maximum Gasteiger partial charge on any atom is 0.387 e. The van der Waals surface area contributed by atoms with E-state index in [2.05, 4.69) is 25.7 Å². The topological polar surface area (TPSA) is 42.4 Å². The molecule has 0 radical (unpaired) electrons. The highest BCUT2D eigenvalue weighted by Crippen LogP contribution is 2.26. The van der Waals surface area contributed by atoms with Crippen LogP contribution in [0.1, 0.15) is 16.3 Å². The summed E-state index contributed by atoms with van der Waals surface area (Å²) in [5, 5.41) is 2.75. The number of halogens is 3. The summed E-state index contributed by atoms with van der Waals surface area (Å²) in [6, 6.07) is 4.61. The summed E-state index contributed by atoms with van der Waals surface area (Å²) >= 11 is 4.75. The van der Waals surface area contributed by atoms with E-state index in [0.29, 0.717) is 16.6 Å². The number of aryl methyl sites for hydroxylation is 1. The Labute approximate surface area is 150 Å². The number of aromatic nitrogens is 1. The van der Waals surface area contributed by atoms with Gasteiger partial charge in [-0.3, -0.25) is 4.79 Å². The number of benzene rings is 1. The second kappa shape index (κ2) is 8.34. The van der Waals surface area contributed by atoms with Crippen LogP contribution in [0.3, 0.4) is 0 Å². The first-order chi connectivity index (χ1) is 11.3. The fraction of sp³-hybridized carbons (Fsp3) is 0.250. The van der Waals surface area contributed by atoms with Crippen LogP contribution in [0.2, 0.25) is 0 Å². The van der Waals surface area contributed by atoms with E-state index >= 15 is 0 Å². The number of rotatable bonds is 6. The van der Waals surface area contributed by atoms with Gasteiger partial charge in [-0.05, 0) is 31.2 Å². The number of carbonyl (C=O) groups excluding carboxylic acids is 1. The zero-order valence-corrected chi connectivity index (χ0v) is 15.4. The van der Waals surface area contributed by atoms with Gasteiger partial charge in [-0.15, -0.1) is 11.3 Å². The number of hydrogen-bond donors (Lipinski definition) is 0. The van der Waals surface area contributed by atoms with Crippen molar-refractivity contribution >= 4 is 39.2 Å². The highest BCUT2D eigenvalue weighted by atomic mass is 79.9. The summed E-state index contributed by atoms with van der Waals surface area (Å²) in [5.41, 5.74) is 1.30. The number of alkyl halides is 2. The van der Waals surface area contributed by atoms with E-state index in [0.717, 1.165) is 10.7 Å². The van der Waals surface area contributed by atoms with Gasteiger partial charge in [0.15, 0.2) is 0 Å². The van der Waals surface area contributed by atoms with Crippen LogP contribution in [-0.2, 0) is 11.3 Å². The van der Waals surface area contributed by atoms with Gasteiger partial charge < -0.3 is 9.64 Å². The highest BCUT2D eigenvalue weighted by Gasteiger charge is 2.11. The van der Waals surface area contributed by atoms with Gasteiger partial charge in [0, 0.05) is 34.2 Å². The van der Waals surface area contributed by atoms with E-state index in [4.69, 9.17) is 0 Å². The van der Waals surface area contributed by atoms with E-state index in [1.807, 2.05) is 12.3 Å². The second-order valence-electron chi connectivity index (χ2n) is 4.97. The zero-order valence-electron chi connectivity index (χ0n) is 13.0.